The highest BCUT2D eigenvalue weighted by atomic mass is 35.5. The van der Waals surface area contributed by atoms with Gasteiger partial charge in [0.2, 0.25) is 11.7 Å². The average Bonchev–Trinajstić information content (AvgIpc) is 3.14. The van der Waals surface area contributed by atoms with E-state index in [4.69, 9.17) is 32.9 Å². The first-order valence-electron chi connectivity index (χ1n) is 8.47. The Morgan fingerprint density at radius 1 is 0.889 bits per heavy atom. The van der Waals surface area contributed by atoms with E-state index in [9.17, 15) is 4.79 Å². The number of ether oxygens (including phenoxy) is 1. The van der Waals surface area contributed by atoms with Gasteiger partial charge in [0.05, 0.1) is 0 Å². The number of halogens is 2. The molecule has 0 unspecified atom stereocenters. The largest absolute Gasteiger partial charge is 0.463 e. The lowest BCUT2D eigenvalue weighted by molar-refractivity contribution is 0.0775. The molecule has 0 aromatic heterocycles. The van der Waals surface area contributed by atoms with Crippen molar-refractivity contribution in [1.29, 1.82) is 0 Å². The predicted octanol–water partition coefficient (Wildman–Crippen LogP) is 5.76. The van der Waals surface area contributed by atoms with Gasteiger partial charge in [-0.05, 0) is 29.8 Å². The standard InChI is InChI=1S/C22H15Cl2NO2/c23-16-11-12-17(18(24)13-16)19-21(20(26)14-7-3-1-4-8-14)27-22(25-19)15-9-5-2-6-10-15/h1-13,19,21H/t19-,21+/m1/s1. The third-order valence-electron chi connectivity index (χ3n) is 4.40. The second-order valence-electron chi connectivity index (χ2n) is 6.18. The highest BCUT2D eigenvalue weighted by molar-refractivity contribution is 6.35. The number of hydrogen-bond acceptors (Lipinski definition) is 3. The maximum Gasteiger partial charge on any atom is 0.217 e. The van der Waals surface area contributed by atoms with Crippen LogP contribution >= 0.6 is 23.2 Å². The van der Waals surface area contributed by atoms with E-state index >= 15 is 0 Å². The van der Waals surface area contributed by atoms with E-state index in [0.717, 1.165) is 5.56 Å². The van der Waals surface area contributed by atoms with Gasteiger partial charge in [0.15, 0.2) is 6.10 Å². The van der Waals surface area contributed by atoms with Gasteiger partial charge in [-0.1, -0.05) is 77.8 Å². The number of ketones is 1. The number of hydrogen-bond donors (Lipinski definition) is 0. The summed E-state index contributed by atoms with van der Waals surface area (Å²) in [5.74, 6) is 0.294. The molecule has 27 heavy (non-hydrogen) atoms. The van der Waals surface area contributed by atoms with Gasteiger partial charge in [0, 0.05) is 21.2 Å². The van der Waals surface area contributed by atoms with Crippen molar-refractivity contribution in [1.82, 2.24) is 0 Å². The fourth-order valence-corrected chi connectivity index (χ4v) is 3.59. The smallest absolute Gasteiger partial charge is 0.217 e. The molecule has 3 aromatic carbocycles. The molecule has 3 nitrogen and oxygen atoms in total. The molecule has 1 aliphatic heterocycles. The van der Waals surface area contributed by atoms with E-state index in [2.05, 4.69) is 0 Å². The molecular weight excluding hydrogens is 381 g/mol. The van der Waals surface area contributed by atoms with Crippen LogP contribution in [0.15, 0.2) is 83.9 Å². The molecule has 0 radical (unpaired) electrons. The van der Waals surface area contributed by atoms with Gasteiger partial charge in [-0.2, -0.15) is 0 Å². The Morgan fingerprint density at radius 3 is 2.22 bits per heavy atom. The van der Waals surface area contributed by atoms with Gasteiger partial charge in [-0.25, -0.2) is 4.99 Å². The van der Waals surface area contributed by atoms with Crippen LogP contribution in [0.5, 0.6) is 0 Å². The Bertz CT molecular complexity index is 1000. The van der Waals surface area contributed by atoms with Crippen LogP contribution < -0.4 is 0 Å². The first-order chi connectivity index (χ1) is 13.1. The number of aliphatic imine (C=N–C) groups is 1. The van der Waals surface area contributed by atoms with Gasteiger partial charge >= 0.3 is 0 Å². The lowest BCUT2D eigenvalue weighted by atomic mass is 9.96. The quantitative estimate of drug-likeness (QED) is 0.526. The summed E-state index contributed by atoms with van der Waals surface area (Å²) in [4.78, 5) is 17.8. The number of carbonyl (C=O) groups is 1. The van der Waals surface area contributed by atoms with Crippen LogP contribution in [-0.4, -0.2) is 17.8 Å². The van der Waals surface area contributed by atoms with Gasteiger partial charge in [-0.15, -0.1) is 0 Å². The molecule has 0 saturated heterocycles. The fraction of sp³-hybridized carbons (Fsp3) is 0.0909. The van der Waals surface area contributed by atoms with E-state index in [1.807, 2.05) is 48.5 Å². The van der Waals surface area contributed by atoms with E-state index < -0.39 is 12.1 Å². The SMILES string of the molecule is O=C(c1ccccc1)[C@H]1OC(c2ccccc2)=N[C@@H]1c1ccc(Cl)cc1Cl. The summed E-state index contributed by atoms with van der Waals surface area (Å²) in [6.07, 6.45) is -0.790. The van der Waals surface area contributed by atoms with Crippen LogP contribution in [-0.2, 0) is 4.74 Å². The van der Waals surface area contributed by atoms with E-state index in [1.165, 1.54) is 0 Å². The maximum absolute atomic E-state index is 13.1. The van der Waals surface area contributed by atoms with Gasteiger partial charge in [0.25, 0.3) is 0 Å². The zero-order valence-corrected chi connectivity index (χ0v) is 15.7. The molecule has 0 saturated carbocycles. The van der Waals surface area contributed by atoms with E-state index in [0.29, 0.717) is 27.1 Å². The zero-order valence-electron chi connectivity index (χ0n) is 14.2. The predicted molar refractivity (Wildman–Crippen MR) is 108 cm³/mol. The van der Waals surface area contributed by atoms with Crippen LogP contribution in [0.25, 0.3) is 0 Å². The van der Waals surface area contributed by atoms with Crippen molar-refractivity contribution in [3.8, 4) is 0 Å². The van der Waals surface area contributed by atoms with Crippen molar-refractivity contribution in [2.24, 2.45) is 4.99 Å². The molecule has 2 atom stereocenters. The van der Waals surface area contributed by atoms with Crippen molar-refractivity contribution >= 4 is 34.9 Å². The van der Waals surface area contributed by atoms with Crippen molar-refractivity contribution in [2.45, 2.75) is 12.1 Å². The van der Waals surface area contributed by atoms with E-state index in [-0.39, 0.29) is 5.78 Å². The van der Waals surface area contributed by atoms with E-state index in [1.54, 1.807) is 30.3 Å². The molecule has 0 amide bonds. The summed E-state index contributed by atoms with van der Waals surface area (Å²) < 4.78 is 6.02. The fourth-order valence-electron chi connectivity index (χ4n) is 3.07. The number of rotatable bonds is 4. The number of Topliss-reactive ketones (excluding diaryl/α,β-unsaturated/α-hetero) is 1. The Kier molecular flexibility index (Phi) is 4.97. The number of carbonyl (C=O) groups excluding carboxylic acids is 1. The monoisotopic (exact) mass is 395 g/mol. The molecule has 4 rings (SSSR count). The molecule has 3 aromatic rings. The van der Waals surface area contributed by atoms with Crippen molar-refractivity contribution in [3.63, 3.8) is 0 Å². The van der Waals surface area contributed by atoms with Crippen molar-refractivity contribution < 1.29 is 9.53 Å². The third kappa shape index (κ3) is 3.61. The summed E-state index contributed by atoms with van der Waals surface area (Å²) in [5, 5.41) is 0.987. The van der Waals surface area contributed by atoms with Gasteiger partial charge < -0.3 is 4.74 Å². The minimum absolute atomic E-state index is 0.138. The lowest BCUT2D eigenvalue weighted by Gasteiger charge is -2.18. The topological polar surface area (TPSA) is 38.7 Å². The number of nitrogens with zero attached hydrogens (tertiary/aromatic N) is 1. The second-order valence-corrected chi connectivity index (χ2v) is 7.02. The Morgan fingerprint density at radius 2 is 1.56 bits per heavy atom. The molecule has 0 aliphatic carbocycles. The lowest BCUT2D eigenvalue weighted by Crippen LogP contribution is -2.27. The molecule has 0 N–H and O–H groups in total. The summed E-state index contributed by atoms with van der Waals surface area (Å²) in [7, 11) is 0. The van der Waals surface area contributed by atoms with Gasteiger partial charge in [-0.3, -0.25) is 4.79 Å². The van der Waals surface area contributed by atoms with Gasteiger partial charge in [0.1, 0.15) is 6.04 Å². The summed E-state index contributed by atoms with van der Waals surface area (Å²) in [6, 6.07) is 23.2. The molecular formula is C22H15Cl2NO2. The summed E-state index contributed by atoms with van der Waals surface area (Å²) >= 11 is 12.4. The highest BCUT2D eigenvalue weighted by Gasteiger charge is 2.39. The van der Waals surface area contributed by atoms with Crippen molar-refractivity contribution in [3.05, 3.63) is 106 Å². The molecule has 5 heteroatoms. The molecule has 1 heterocycles. The van der Waals surface area contributed by atoms with Crippen LogP contribution in [0, 0.1) is 0 Å². The third-order valence-corrected chi connectivity index (χ3v) is 4.96. The molecule has 0 fully saturated rings. The van der Waals surface area contributed by atoms with Crippen LogP contribution in [0.1, 0.15) is 27.5 Å². The van der Waals surface area contributed by atoms with Crippen LogP contribution in [0.4, 0.5) is 0 Å². The molecule has 134 valence electrons. The average molecular weight is 396 g/mol. The van der Waals surface area contributed by atoms with Crippen LogP contribution in [0.3, 0.4) is 0 Å². The number of benzene rings is 3. The summed E-state index contributed by atoms with van der Waals surface area (Å²) in [6.45, 7) is 0. The minimum Gasteiger partial charge on any atom is -0.463 e. The maximum atomic E-state index is 13.1. The van der Waals surface area contributed by atoms with Crippen LogP contribution in [0.2, 0.25) is 10.0 Å². The Hall–Kier alpha value is -2.62. The van der Waals surface area contributed by atoms with Crippen molar-refractivity contribution in [2.75, 3.05) is 0 Å². The second kappa shape index (κ2) is 7.55. The Labute approximate surface area is 167 Å². The first kappa shape index (κ1) is 17.8. The Balaban J connectivity index is 1.76. The highest BCUT2D eigenvalue weighted by Crippen LogP contribution is 2.37. The summed E-state index contributed by atoms with van der Waals surface area (Å²) in [5.41, 5.74) is 2.10. The molecule has 0 spiro atoms. The first-order valence-corrected chi connectivity index (χ1v) is 9.23. The molecule has 1 aliphatic rings. The zero-order chi connectivity index (χ0) is 18.8. The minimum atomic E-state index is -0.790. The normalized spacial score (nSPS) is 18.7. The molecule has 0 bridgehead atoms.